The molecule has 1 saturated heterocycles. The topological polar surface area (TPSA) is 72.5 Å². The summed E-state index contributed by atoms with van der Waals surface area (Å²) >= 11 is 0. The van der Waals surface area contributed by atoms with Crippen LogP contribution in [0.5, 0.6) is 11.5 Å². The Balaban J connectivity index is 1.57. The fourth-order valence-electron chi connectivity index (χ4n) is 2.63. The van der Waals surface area contributed by atoms with Crippen LogP contribution in [-0.4, -0.2) is 25.8 Å². The maximum absolute atomic E-state index is 12.2. The molecule has 0 spiro atoms. The number of sulfone groups is 1. The van der Waals surface area contributed by atoms with E-state index in [-0.39, 0.29) is 23.3 Å². The van der Waals surface area contributed by atoms with Crippen molar-refractivity contribution in [1.29, 1.82) is 0 Å². The van der Waals surface area contributed by atoms with Gasteiger partial charge in [-0.2, -0.15) is 0 Å². The number of nitrogens with one attached hydrogen (secondary N) is 1. The number of benzene rings is 2. The number of ether oxygens (including phenoxy) is 1. The smallest absolute Gasteiger partial charge is 0.227 e. The van der Waals surface area contributed by atoms with Crippen LogP contribution < -0.4 is 10.1 Å². The van der Waals surface area contributed by atoms with Crippen LogP contribution in [0, 0.1) is 5.92 Å². The Morgan fingerprint density at radius 1 is 0.917 bits per heavy atom. The van der Waals surface area contributed by atoms with Crippen LogP contribution in [0.3, 0.4) is 0 Å². The van der Waals surface area contributed by atoms with Gasteiger partial charge in [0.2, 0.25) is 5.91 Å². The first kappa shape index (κ1) is 16.5. The van der Waals surface area contributed by atoms with Crippen molar-refractivity contribution in [3.63, 3.8) is 0 Å². The second kappa shape index (κ2) is 7.05. The van der Waals surface area contributed by atoms with E-state index in [1.165, 1.54) is 0 Å². The van der Waals surface area contributed by atoms with Gasteiger partial charge in [-0.3, -0.25) is 4.79 Å². The molecule has 24 heavy (non-hydrogen) atoms. The van der Waals surface area contributed by atoms with E-state index in [1.807, 2.05) is 30.3 Å². The van der Waals surface area contributed by atoms with E-state index >= 15 is 0 Å². The zero-order valence-electron chi connectivity index (χ0n) is 13.1. The highest BCUT2D eigenvalue weighted by Crippen LogP contribution is 2.24. The van der Waals surface area contributed by atoms with Crippen LogP contribution in [0.25, 0.3) is 0 Å². The average molecular weight is 345 g/mol. The molecule has 1 aliphatic rings. The van der Waals surface area contributed by atoms with Gasteiger partial charge in [0.25, 0.3) is 0 Å². The normalized spacial score (nSPS) is 17.2. The highest BCUT2D eigenvalue weighted by atomic mass is 32.2. The van der Waals surface area contributed by atoms with Crippen molar-refractivity contribution in [3.05, 3.63) is 54.6 Å². The van der Waals surface area contributed by atoms with E-state index in [9.17, 15) is 13.2 Å². The molecule has 3 rings (SSSR count). The molecule has 1 amide bonds. The van der Waals surface area contributed by atoms with Crippen LogP contribution in [0.2, 0.25) is 0 Å². The molecule has 0 unspecified atom stereocenters. The maximum Gasteiger partial charge on any atom is 0.227 e. The van der Waals surface area contributed by atoms with Crippen molar-refractivity contribution in [2.24, 2.45) is 5.92 Å². The molecule has 0 radical (unpaired) electrons. The van der Waals surface area contributed by atoms with Crippen LogP contribution in [-0.2, 0) is 14.6 Å². The van der Waals surface area contributed by atoms with E-state index in [0.717, 1.165) is 5.75 Å². The third kappa shape index (κ3) is 4.35. The first-order valence-corrected chi connectivity index (χ1v) is 9.68. The summed E-state index contributed by atoms with van der Waals surface area (Å²) in [5.41, 5.74) is 0.675. The number of rotatable bonds is 4. The summed E-state index contributed by atoms with van der Waals surface area (Å²) in [5, 5.41) is 2.84. The number of hydrogen-bond donors (Lipinski definition) is 1. The fourth-order valence-corrected chi connectivity index (χ4v) is 4.12. The van der Waals surface area contributed by atoms with Gasteiger partial charge in [-0.15, -0.1) is 0 Å². The average Bonchev–Trinajstić information content (AvgIpc) is 2.57. The summed E-state index contributed by atoms with van der Waals surface area (Å²) in [6, 6.07) is 16.6. The van der Waals surface area contributed by atoms with Gasteiger partial charge in [0.05, 0.1) is 11.5 Å². The largest absolute Gasteiger partial charge is 0.457 e. The van der Waals surface area contributed by atoms with E-state index in [0.29, 0.717) is 24.3 Å². The number of para-hydroxylation sites is 1. The van der Waals surface area contributed by atoms with Crippen LogP contribution in [0.4, 0.5) is 5.69 Å². The lowest BCUT2D eigenvalue weighted by Gasteiger charge is -2.21. The van der Waals surface area contributed by atoms with Crippen molar-refractivity contribution in [2.75, 3.05) is 16.8 Å². The highest BCUT2D eigenvalue weighted by Gasteiger charge is 2.28. The zero-order chi connectivity index (χ0) is 17.0. The van der Waals surface area contributed by atoms with Gasteiger partial charge >= 0.3 is 0 Å². The predicted molar refractivity (Wildman–Crippen MR) is 93.0 cm³/mol. The number of anilines is 1. The molecule has 0 aromatic heterocycles. The third-order valence-electron chi connectivity index (χ3n) is 4.03. The molecule has 5 nitrogen and oxygen atoms in total. The molecule has 1 fully saturated rings. The Hall–Kier alpha value is -2.34. The molecule has 6 heteroatoms. The molecule has 1 heterocycles. The van der Waals surface area contributed by atoms with Gasteiger partial charge in [0, 0.05) is 11.6 Å². The molecule has 0 saturated carbocycles. The Morgan fingerprint density at radius 3 is 2.12 bits per heavy atom. The van der Waals surface area contributed by atoms with Gasteiger partial charge in [0.15, 0.2) is 0 Å². The minimum atomic E-state index is -2.95. The Kier molecular flexibility index (Phi) is 4.85. The number of hydrogen-bond acceptors (Lipinski definition) is 4. The molecule has 0 bridgehead atoms. The first-order valence-electron chi connectivity index (χ1n) is 7.86. The van der Waals surface area contributed by atoms with Crippen LogP contribution in [0.1, 0.15) is 12.8 Å². The molecule has 126 valence electrons. The molecule has 0 aliphatic carbocycles. The van der Waals surface area contributed by atoms with Crippen LogP contribution in [0.15, 0.2) is 54.6 Å². The fraction of sp³-hybridized carbons (Fsp3) is 0.278. The maximum atomic E-state index is 12.2. The molecule has 1 N–H and O–H groups in total. The van der Waals surface area contributed by atoms with Gasteiger partial charge in [-0.25, -0.2) is 8.42 Å². The molecular formula is C18H19NO4S. The lowest BCUT2D eigenvalue weighted by Crippen LogP contribution is -2.31. The lowest BCUT2D eigenvalue weighted by molar-refractivity contribution is -0.120. The quantitative estimate of drug-likeness (QED) is 0.923. The molecule has 0 atom stereocenters. The molecular weight excluding hydrogens is 326 g/mol. The minimum absolute atomic E-state index is 0.0922. The summed E-state index contributed by atoms with van der Waals surface area (Å²) in [7, 11) is -2.95. The van der Waals surface area contributed by atoms with Crippen molar-refractivity contribution >= 4 is 21.4 Å². The lowest BCUT2D eigenvalue weighted by atomic mass is 10.0. The Morgan fingerprint density at radius 2 is 1.50 bits per heavy atom. The minimum Gasteiger partial charge on any atom is -0.457 e. The van der Waals surface area contributed by atoms with Gasteiger partial charge in [-0.1, -0.05) is 18.2 Å². The van der Waals surface area contributed by atoms with Gasteiger partial charge < -0.3 is 10.1 Å². The Bertz CT molecular complexity index is 787. The molecule has 1 aliphatic heterocycles. The predicted octanol–water partition coefficient (Wildman–Crippen LogP) is 3.24. The van der Waals surface area contributed by atoms with Crippen molar-refractivity contribution in [1.82, 2.24) is 0 Å². The van der Waals surface area contributed by atoms with Gasteiger partial charge in [-0.05, 0) is 49.2 Å². The summed E-state index contributed by atoms with van der Waals surface area (Å²) < 4.78 is 28.5. The molecule has 2 aromatic rings. The van der Waals surface area contributed by atoms with E-state index in [1.54, 1.807) is 24.3 Å². The highest BCUT2D eigenvalue weighted by molar-refractivity contribution is 7.91. The van der Waals surface area contributed by atoms with E-state index in [4.69, 9.17) is 4.74 Å². The zero-order valence-corrected chi connectivity index (χ0v) is 14.0. The molecule has 2 aromatic carbocycles. The van der Waals surface area contributed by atoms with E-state index in [2.05, 4.69) is 5.32 Å². The van der Waals surface area contributed by atoms with Crippen LogP contribution >= 0.6 is 0 Å². The second-order valence-corrected chi connectivity index (χ2v) is 8.16. The number of carbonyl (C=O) groups is 1. The summed E-state index contributed by atoms with van der Waals surface area (Å²) in [6.07, 6.45) is 0.784. The van der Waals surface area contributed by atoms with Crippen molar-refractivity contribution in [3.8, 4) is 11.5 Å². The number of carbonyl (C=O) groups excluding carboxylic acids is 1. The Labute approximate surface area is 141 Å². The third-order valence-corrected chi connectivity index (χ3v) is 5.74. The van der Waals surface area contributed by atoms with Crippen molar-refractivity contribution < 1.29 is 17.9 Å². The monoisotopic (exact) mass is 345 g/mol. The first-order chi connectivity index (χ1) is 11.5. The second-order valence-electron chi connectivity index (χ2n) is 5.85. The van der Waals surface area contributed by atoms with E-state index < -0.39 is 9.84 Å². The number of amides is 1. The SMILES string of the molecule is O=C(Nc1ccc(Oc2ccccc2)cc1)C1CCS(=O)(=O)CC1. The van der Waals surface area contributed by atoms with Crippen molar-refractivity contribution in [2.45, 2.75) is 12.8 Å². The summed E-state index contributed by atoms with van der Waals surface area (Å²) in [5.74, 6) is 1.25. The van der Waals surface area contributed by atoms with Gasteiger partial charge in [0.1, 0.15) is 21.3 Å². The summed E-state index contributed by atoms with van der Waals surface area (Å²) in [4.78, 5) is 12.2. The summed E-state index contributed by atoms with van der Waals surface area (Å²) in [6.45, 7) is 0. The standard InChI is InChI=1S/C18H19NO4S/c20-18(14-10-12-24(21,22)13-11-14)19-15-6-8-17(9-7-15)23-16-4-2-1-3-5-16/h1-9,14H,10-13H2,(H,19,20).